The van der Waals surface area contributed by atoms with E-state index >= 15 is 0 Å². The number of hydrogen-bond acceptors (Lipinski definition) is 5. The quantitative estimate of drug-likeness (QED) is 0.913. The minimum absolute atomic E-state index is 0.108. The monoisotopic (exact) mass is 336 g/mol. The Labute approximate surface area is 139 Å². The lowest BCUT2D eigenvalue weighted by Crippen LogP contribution is -2.34. The van der Waals surface area contributed by atoms with Crippen LogP contribution in [0.4, 0.5) is 4.79 Å². The van der Waals surface area contributed by atoms with Crippen LogP contribution < -0.4 is 0 Å². The minimum Gasteiger partial charge on any atom is -0.476 e. The maximum absolute atomic E-state index is 12.0. The number of aromatic carboxylic acids is 1. The summed E-state index contributed by atoms with van der Waals surface area (Å²) in [6.45, 7) is 7.71. The van der Waals surface area contributed by atoms with Gasteiger partial charge in [0.25, 0.3) is 0 Å². The standard InChI is InChI=1S/C16H20N2O4S/c1-5-11-12(14(19)20)17-13(23-11)10-6-8-18(9-7-10)15(21)22-16(2,3)4/h6-8H,5,9H2,1-4H3,(H,19,20). The molecule has 0 unspecified atom stereocenters. The van der Waals surface area contributed by atoms with Crippen LogP contribution in [-0.2, 0) is 11.2 Å². The molecule has 2 heterocycles. The molecule has 1 aliphatic rings. The number of ether oxygens (including phenoxy) is 1. The number of thiazole rings is 1. The van der Waals surface area contributed by atoms with E-state index in [1.54, 1.807) is 12.3 Å². The molecule has 0 atom stereocenters. The van der Waals surface area contributed by atoms with E-state index < -0.39 is 17.7 Å². The predicted molar refractivity (Wildman–Crippen MR) is 88.5 cm³/mol. The molecule has 0 aromatic carbocycles. The zero-order valence-corrected chi connectivity index (χ0v) is 14.4. The highest BCUT2D eigenvalue weighted by atomic mass is 32.1. The van der Waals surface area contributed by atoms with Crippen molar-refractivity contribution in [2.24, 2.45) is 0 Å². The van der Waals surface area contributed by atoms with Gasteiger partial charge < -0.3 is 9.84 Å². The van der Waals surface area contributed by atoms with Crippen molar-refractivity contribution in [1.82, 2.24) is 9.88 Å². The van der Waals surface area contributed by atoms with Gasteiger partial charge in [-0.05, 0) is 33.3 Å². The Morgan fingerprint density at radius 2 is 2.13 bits per heavy atom. The summed E-state index contributed by atoms with van der Waals surface area (Å²) in [7, 11) is 0. The predicted octanol–water partition coefficient (Wildman–Crippen LogP) is 3.55. The van der Waals surface area contributed by atoms with Crippen molar-refractivity contribution in [3.63, 3.8) is 0 Å². The number of carboxylic acids is 1. The topological polar surface area (TPSA) is 79.7 Å². The van der Waals surface area contributed by atoms with Crippen LogP contribution in [-0.4, -0.2) is 39.2 Å². The molecular weight excluding hydrogens is 316 g/mol. The van der Waals surface area contributed by atoms with E-state index in [9.17, 15) is 9.59 Å². The summed E-state index contributed by atoms with van der Waals surface area (Å²) in [5.41, 5.74) is 0.379. The van der Waals surface area contributed by atoms with Crippen LogP contribution in [0.5, 0.6) is 0 Å². The fourth-order valence-corrected chi connectivity index (χ4v) is 3.01. The minimum atomic E-state index is -1.01. The third-order valence-electron chi connectivity index (χ3n) is 3.04. The molecule has 0 radical (unpaired) electrons. The van der Waals surface area contributed by atoms with Crippen LogP contribution in [0, 0.1) is 0 Å². The van der Waals surface area contributed by atoms with E-state index in [0.29, 0.717) is 18.0 Å². The first-order valence-electron chi connectivity index (χ1n) is 7.32. The van der Waals surface area contributed by atoms with Gasteiger partial charge in [-0.15, -0.1) is 11.3 Å². The van der Waals surface area contributed by atoms with Crippen molar-refractivity contribution in [1.29, 1.82) is 0 Å². The Hall–Kier alpha value is -2.15. The Kier molecular flexibility index (Phi) is 4.89. The Morgan fingerprint density at radius 3 is 2.57 bits per heavy atom. The molecule has 1 amide bonds. The number of hydrogen-bond donors (Lipinski definition) is 1. The third kappa shape index (κ3) is 4.19. The number of carboxylic acid groups (broad SMARTS) is 1. The fraction of sp³-hybridized carbons (Fsp3) is 0.438. The first kappa shape index (κ1) is 17.2. The maximum Gasteiger partial charge on any atom is 0.414 e. The first-order valence-corrected chi connectivity index (χ1v) is 8.14. The van der Waals surface area contributed by atoms with Gasteiger partial charge in [0.1, 0.15) is 10.6 Å². The highest BCUT2D eigenvalue weighted by molar-refractivity contribution is 7.13. The molecule has 124 valence electrons. The smallest absolute Gasteiger partial charge is 0.414 e. The molecule has 0 saturated heterocycles. The summed E-state index contributed by atoms with van der Waals surface area (Å²) < 4.78 is 5.31. The second-order valence-corrected chi connectivity index (χ2v) is 7.14. The summed E-state index contributed by atoms with van der Waals surface area (Å²) >= 11 is 1.37. The largest absolute Gasteiger partial charge is 0.476 e. The molecular formula is C16H20N2O4S. The van der Waals surface area contributed by atoms with Crippen LogP contribution in [0.15, 0.2) is 18.4 Å². The highest BCUT2D eigenvalue weighted by Crippen LogP contribution is 2.28. The second kappa shape index (κ2) is 6.54. The molecule has 0 fully saturated rings. The third-order valence-corrected chi connectivity index (χ3v) is 4.29. The Bertz CT molecular complexity index is 683. The molecule has 1 aromatic heterocycles. The molecule has 1 N–H and O–H groups in total. The van der Waals surface area contributed by atoms with E-state index in [-0.39, 0.29) is 5.69 Å². The SMILES string of the molecule is CCc1sc(C2=CCN(C(=O)OC(C)(C)C)C=C2)nc1C(=O)O. The number of aromatic nitrogens is 1. The lowest BCUT2D eigenvalue weighted by molar-refractivity contribution is 0.0350. The molecule has 23 heavy (non-hydrogen) atoms. The summed E-state index contributed by atoms with van der Waals surface area (Å²) in [4.78, 5) is 29.6. The number of allylic oxidation sites excluding steroid dienone is 2. The molecule has 2 rings (SSSR count). The molecule has 0 saturated carbocycles. The van der Waals surface area contributed by atoms with Crippen molar-refractivity contribution >= 4 is 29.0 Å². The average Bonchev–Trinajstić information content (AvgIpc) is 2.90. The van der Waals surface area contributed by atoms with Crippen LogP contribution >= 0.6 is 11.3 Å². The second-order valence-electron chi connectivity index (χ2n) is 6.06. The number of nitrogens with zero attached hydrogens (tertiary/aromatic N) is 2. The van der Waals surface area contributed by atoms with Gasteiger partial charge in [0.15, 0.2) is 5.69 Å². The van der Waals surface area contributed by atoms with Crippen LogP contribution in [0.3, 0.4) is 0 Å². The van der Waals surface area contributed by atoms with E-state index in [1.165, 1.54) is 16.2 Å². The lowest BCUT2D eigenvalue weighted by Gasteiger charge is -2.25. The molecule has 1 aliphatic heterocycles. The normalized spacial score (nSPS) is 14.6. The van der Waals surface area contributed by atoms with Crippen molar-refractivity contribution in [2.75, 3.05) is 6.54 Å². The number of carbonyl (C=O) groups excluding carboxylic acids is 1. The summed E-state index contributed by atoms with van der Waals surface area (Å²) in [5, 5.41) is 9.82. The van der Waals surface area contributed by atoms with Gasteiger partial charge in [-0.25, -0.2) is 14.6 Å². The van der Waals surface area contributed by atoms with Gasteiger partial charge in [0.05, 0.1) is 0 Å². The number of aryl methyl sites for hydroxylation is 1. The van der Waals surface area contributed by atoms with Gasteiger partial charge >= 0.3 is 12.1 Å². The lowest BCUT2D eigenvalue weighted by atomic mass is 10.2. The Morgan fingerprint density at radius 1 is 1.43 bits per heavy atom. The molecule has 6 nitrogen and oxygen atoms in total. The average molecular weight is 336 g/mol. The van der Waals surface area contributed by atoms with Gasteiger partial charge in [0, 0.05) is 23.2 Å². The van der Waals surface area contributed by atoms with E-state index in [0.717, 1.165) is 10.5 Å². The highest BCUT2D eigenvalue weighted by Gasteiger charge is 2.23. The molecule has 7 heteroatoms. The van der Waals surface area contributed by atoms with E-state index in [2.05, 4.69) is 4.98 Å². The number of carbonyl (C=O) groups is 2. The van der Waals surface area contributed by atoms with Crippen LogP contribution in [0.2, 0.25) is 0 Å². The van der Waals surface area contributed by atoms with Crippen molar-refractivity contribution < 1.29 is 19.4 Å². The van der Waals surface area contributed by atoms with Gasteiger partial charge in [-0.1, -0.05) is 13.0 Å². The maximum atomic E-state index is 12.0. The fourth-order valence-electron chi connectivity index (χ4n) is 1.99. The van der Waals surface area contributed by atoms with Crippen molar-refractivity contribution in [3.8, 4) is 0 Å². The van der Waals surface area contributed by atoms with Crippen molar-refractivity contribution in [3.05, 3.63) is 33.9 Å². The summed E-state index contributed by atoms with van der Waals surface area (Å²) in [5.74, 6) is -1.01. The molecule has 0 spiro atoms. The Balaban J connectivity index is 2.13. The van der Waals surface area contributed by atoms with Gasteiger partial charge in [0.2, 0.25) is 0 Å². The van der Waals surface area contributed by atoms with Crippen LogP contribution in [0.1, 0.15) is 48.1 Å². The van der Waals surface area contributed by atoms with Crippen LogP contribution in [0.25, 0.3) is 5.57 Å². The van der Waals surface area contributed by atoms with Gasteiger partial charge in [-0.3, -0.25) is 4.90 Å². The van der Waals surface area contributed by atoms with Gasteiger partial charge in [-0.2, -0.15) is 0 Å². The summed E-state index contributed by atoms with van der Waals surface area (Å²) in [6, 6.07) is 0. The number of rotatable bonds is 3. The summed E-state index contributed by atoms with van der Waals surface area (Å²) in [6.07, 6.45) is 5.44. The molecule has 0 bridgehead atoms. The molecule has 1 aromatic rings. The van der Waals surface area contributed by atoms with Crippen molar-refractivity contribution in [2.45, 2.75) is 39.7 Å². The number of amides is 1. The first-order chi connectivity index (χ1) is 10.7. The van der Waals surface area contributed by atoms with E-state index in [1.807, 2.05) is 33.8 Å². The zero-order chi connectivity index (χ0) is 17.2. The van der Waals surface area contributed by atoms with E-state index in [4.69, 9.17) is 9.84 Å². The zero-order valence-electron chi connectivity index (χ0n) is 13.6. The molecule has 0 aliphatic carbocycles.